The molecule has 150 valence electrons. The van der Waals surface area contributed by atoms with Gasteiger partial charge < -0.3 is 5.32 Å². The van der Waals surface area contributed by atoms with Crippen LogP contribution in [0.1, 0.15) is 26.4 Å². The first kappa shape index (κ1) is 20.0. The third kappa shape index (κ3) is 4.03. The van der Waals surface area contributed by atoms with Crippen molar-refractivity contribution in [2.45, 2.75) is 13.8 Å². The van der Waals surface area contributed by atoms with Gasteiger partial charge in [0.1, 0.15) is 11.2 Å². The van der Waals surface area contributed by atoms with Gasteiger partial charge in [0.25, 0.3) is 11.5 Å². The first-order valence-electron chi connectivity index (χ1n) is 9.11. The van der Waals surface area contributed by atoms with Crippen LogP contribution in [-0.2, 0) is 0 Å². The van der Waals surface area contributed by atoms with Gasteiger partial charge in [-0.1, -0.05) is 23.7 Å². The van der Waals surface area contributed by atoms with Crippen LogP contribution in [0.15, 0.2) is 64.8 Å². The lowest BCUT2D eigenvalue weighted by Crippen LogP contribution is -2.17. The van der Waals surface area contributed by atoms with Gasteiger partial charge in [-0.2, -0.15) is 9.78 Å². The summed E-state index contributed by atoms with van der Waals surface area (Å²) in [6, 6.07) is 13.8. The van der Waals surface area contributed by atoms with Crippen LogP contribution in [0, 0.1) is 13.8 Å². The molecule has 0 unspecified atom stereocenters. The molecule has 2 heterocycles. The summed E-state index contributed by atoms with van der Waals surface area (Å²) in [7, 11) is 0. The van der Waals surface area contributed by atoms with Gasteiger partial charge in [-0.15, -0.1) is 11.3 Å². The monoisotopic (exact) mass is 436 g/mol. The topological polar surface area (TPSA) is 76.3 Å². The highest BCUT2D eigenvalue weighted by atomic mass is 35.5. The number of rotatable bonds is 4. The third-order valence-electron chi connectivity index (χ3n) is 4.66. The average Bonchev–Trinajstić information content (AvgIpc) is 3.02. The van der Waals surface area contributed by atoms with Gasteiger partial charge in [0, 0.05) is 21.2 Å². The molecule has 6 nitrogen and oxygen atoms in total. The van der Waals surface area contributed by atoms with Crippen LogP contribution in [0.2, 0.25) is 5.02 Å². The van der Waals surface area contributed by atoms with Crippen LogP contribution in [0.3, 0.4) is 0 Å². The van der Waals surface area contributed by atoms with Crippen molar-refractivity contribution in [1.29, 1.82) is 0 Å². The maximum Gasteiger partial charge on any atom is 0.282 e. The summed E-state index contributed by atoms with van der Waals surface area (Å²) in [6.07, 6.45) is 2.98. The lowest BCUT2D eigenvalue weighted by atomic mass is 10.2. The number of halogens is 1. The highest BCUT2D eigenvalue weighted by molar-refractivity contribution is 7.18. The number of nitrogens with one attached hydrogen (secondary N) is 1. The normalized spacial score (nSPS) is 11.3. The van der Waals surface area contributed by atoms with E-state index in [-0.39, 0.29) is 11.5 Å². The van der Waals surface area contributed by atoms with E-state index in [2.05, 4.69) is 15.4 Å². The Morgan fingerprint density at radius 2 is 1.97 bits per heavy atom. The van der Waals surface area contributed by atoms with E-state index < -0.39 is 0 Å². The quantitative estimate of drug-likeness (QED) is 0.464. The van der Waals surface area contributed by atoms with E-state index >= 15 is 0 Å². The smallest absolute Gasteiger partial charge is 0.282 e. The van der Waals surface area contributed by atoms with Crippen molar-refractivity contribution < 1.29 is 4.79 Å². The minimum atomic E-state index is -0.241. The molecule has 0 bridgehead atoms. The van der Waals surface area contributed by atoms with Gasteiger partial charge >= 0.3 is 0 Å². The number of carbonyl (C=O) groups is 1. The molecule has 0 aliphatic carbocycles. The molecule has 0 fully saturated rings. The van der Waals surface area contributed by atoms with Crippen LogP contribution in [0.4, 0.5) is 5.69 Å². The molecule has 0 atom stereocenters. The fourth-order valence-corrected chi connectivity index (χ4v) is 4.05. The second kappa shape index (κ2) is 8.22. The summed E-state index contributed by atoms with van der Waals surface area (Å²) in [5.74, 6) is -0.241. The number of amides is 1. The molecular formula is C22H17ClN4O2S. The van der Waals surface area contributed by atoms with Crippen molar-refractivity contribution in [3.05, 3.63) is 91.8 Å². The van der Waals surface area contributed by atoms with Crippen LogP contribution in [-0.4, -0.2) is 21.8 Å². The number of fused-ring (bicyclic) bond motifs is 1. The predicted octanol–water partition coefficient (Wildman–Crippen LogP) is 4.86. The molecule has 0 saturated heterocycles. The van der Waals surface area contributed by atoms with Gasteiger partial charge in [0.2, 0.25) is 0 Å². The second-order valence-electron chi connectivity index (χ2n) is 6.69. The van der Waals surface area contributed by atoms with Crippen molar-refractivity contribution in [2.24, 2.45) is 5.10 Å². The maximum atomic E-state index is 12.7. The Bertz CT molecular complexity index is 1340. The van der Waals surface area contributed by atoms with Crippen molar-refractivity contribution in [3.8, 4) is 0 Å². The minimum absolute atomic E-state index is 0.203. The molecule has 4 rings (SSSR count). The lowest BCUT2D eigenvalue weighted by molar-refractivity contribution is 0.102. The fraction of sp³-hybridized carbons (Fsp3) is 0.0909. The number of thiophene rings is 1. The number of anilines is 1. The summed E-state index contributed by atoms with van der Waals surface area (Å²) in [6.45, 7) is 3.89. The van der Waals surface area contributed by atoms with Crippen molar-refractivity contribution in [2.75, 3.05) is 5.32 Å². The largest absolute Gasteiger partial charge is 0.322 e. The van der Waals surface area contributed by atoms with Crippen LogP contribution in [0.5, 0.6) is 0 Å². The van der Waals surface area contributed by atoms with Crippen LogP contribution < -0.4 is 10.9 Å². The average molecular weight is 437 g/mol. The number of carbonyl (C=O) groups excluding carboxylic acids is 1. The molecule has 8 heteroatoms. The SMILES string of the molecule is Cc1sc2ncn(/N=C/c3cccc(NC(=O)c4ccc(Cl)cc4)c3)c(=O)c2c1C. The lowest BCUT2D eigenvalue weighted by Gasteiger charge is -2.06. The Kier molecular flexibility index (Phi) is 5.48. The molecule has 2 aromatic carbocycles. The third-order valence-corrected chi connectivity index (χ3v) is 6.02. The molecule has 0 saturated carbocycles. The van der Waals surface area contributed by atoms with E-state index in [9.17, 15) is 9.59 Å². The summed E-state index contributed by atoms with van der Waals surface area (Å²) in [5.41, 5.74) is 2.58. The zero-order valence-electron chi connectivity index (χ0n) is 16.2. The summed E-state index contributed by atoms with van der Waals surface area (Å²) in [4.78, 5) is 31.2. The molecule has 0 aliphatic rings. The molecule has 30 heavy (non-hydrogen) atoms. The second-order valence-corrected chi connectivity index (χ2v) is 8.33. The molecule has 0 spiro atoms. The highest BCUT2D eigenvalue weighted by Gasteiger charge is 2.11. The standard InChI is InChI=1S/C22H17ClN4O2S/c1-13-14(2)30-21-19(13)22(29)27(12-24-21)25-11-15-4-3-5-18(10-15)26-20(28)16-6-8-17(23)9-7-16/h3-12H,1-2H3,(H,26,28)/b25-11+. The molecule has 0 aliphatic heterocycles. The highest BCUT2D eigenvalue weighted by Crippen LogP contribution is 2.25. The Balaban J connectivity index is 1.56. The van der Waals surface area contributed by atoms with Gasteiger partial charge in [0.05, 0.1) is 11.6 Å². The minimum Gasteiger partial charge on any atom is -0.322 e. The van der Waals surface area contributed by atoms with E-state index in [1.165, 1.54) is 22.3 Å². The van der Waals surface area contributed by atoms with Gasteiger partial charge in [-0.05, 0) is 61.4 Å². The molecule has 1 amide bonds. The zero-order chi connectivity index (χ0) is 21.3. The van der Waals surface area contributed by atoms with Crippen LogP contribution >= 0.6 is 22.9 Å². The number of aromatic nitrogens is 2. The Morgan fingerprint density at radius 3 is 2.73 bits per heavy atom. The van der Waals surface area contributed by atoms with E-state index in [4.69, 9.17) is 11.6 Å². The number of benzene rings is 2. The summed E-state index contributed by atoms with van der Waals surface area (Å²) < 4.78 is 1.22. The van der Waals surface area contributed by atoms with Crippen molar-refractivity contribution in [1.82, 2.24) is 9.66 Å². The van der Waals surface area contributed by atoms with Crippen molar-refractivity contribution in [3.63, 3.8) is 0 Å². The molecule has 0 radical (unpaired) electrons. The van der Waals surface area contributed by atoms with E-state index in [0.717, 1.165) is 16.0 Å². The first-order valence-corrected chi connectivity index (χ1v) is 10.3. The van der Waals surface area contributed by atoms with E-state index in [0.29, 0.717) is 26.5 Å². The summed E-state index contributed by atoms with van der Waals surface area (Å²) in [5, 5.41) is 8.27. The van der Waals surface area contributed by atoms with Crippen LogP contribution in [0.25, 0.3) is 10.2 Å². The number of nitrogens with zero attached hydrogens (tertiary/aromatic N) is 3. The maximum absolute atomic E-state index is 12.7. The van der Waals surface area contributed by atoms with Gasteiger partial charge in [-0.25, -0.2) is 4.98 Å². The fourth-order valence-electron chi connectivity index (χ4n) is 2.94. The first-order chi connectivity index (χ1) is 14.4. The Hall–Kier alpha value is -3.29. The zero-order valence-corrected chi connectivity index (χ0v) is 17.8. The Labute approximate surface area is 181 Å². The van der Waals surface area contributed by atoms with Gasteiger partial charge in [-0.3, -0.25) is 9.59 Å². The van der Waals surface area contributed by atoms with Crippen molar-refractivity contribution >= 4 is 51.0 Å². The van der Waals surface area contributed by atoms with Gasteiger partial charge in [0.15, 0.2) is 0 Å². The predicted molar refractivity (Wildman–Crippen MR) is 122 cm³/mol. The number of hydrogen-bond acceptors (Lipinski definition) is 5. The van der Waals surface area contributed by atoms with E-state index in [1.807, 2.05) is 19.9 Å². The number of aryl methyl sites for hydroxylation is 2. The molecular weight excluding hydrogens is 420 g/mol. The molecule has 4 aromatic rings. The van der Waals surface area contributed by atoms with E-state index in [1.54, 1.807) is 48.7 Å². The molecule has 2 aromatic heterocycles. The summed E-state index contributed by atoms with van der Waals surface area (Å²) >= 11 is 7.36. The Morgan fingerprint density at radius 1 is 1.20 bits per heavy atom. The number of hydrogen-bond donors (Lipinski definition) is 1. The molecule has 1 N–H and O–H groups in total.